The van der Waals surface area contributed by atoms with Crippen LogP contribution in [0.15, 0.2) is 12.1 Å². The number of aryl methyl sites for hydroxylation is 1. The van der Waals surface area contributed by atoms with E-state index in [1.807, 2.05) is 6.07 Å². The molecule has 1 aromatic carbocycles. The van der Waals surface area contributed by atoms with Crippen LogP contribution in [0.4, 0.5) is 0 Å². The summed E-state index contributed by atoms with van der Waals surface area (Å²) in [5.74, 6) is 3.20. The maximum absolute atomic E-state index is 10.6. The van der Waals surface area contributed by atoms with Crippen LogP contribution >= 0.6 is 0 Å². The number of ether oxygens (including phenoxy) is 1. The van der Waals surface area contributed by atoms with Crippen molar-refractivity contribution in [2.75, 3.05) is 0 Å². The van der Waals surface area contributed by atoms with Crippen LogP contribution in [-0.4, -0.2) is 10.7 Å². The zero-order valence-corrected chi connectivity index (χ0v) is 13.6. The molecule has 2 fully saturated rings. The van der Waals surface area contributed by atoms with Crippen molar-refractivity contribution < 1.29 is 9.84 Å². The minimum Gasteiger partial charge on any atom is -0.508 e. The first-order chi connectivity index (χ1) is 9.88. The molecule has 0 radical (unpaired) electrons. The standard InChI is InChI=1S/C19H26O2/c1-5-6-11-9-13(20)15-14(10-11)21-19(4)8-7-12-16(19)17(15)18(12,2)3/h9-10,12,16-17,20H,5-8H2,1-4H3/t12?,16-,17-,19-/m1/s1. The van der Waals surface area contributed by atoms with Crippen molar-refractivity contribution in [3.05, 3.63) is 23.3 Å². The van der Waals surface area contributed by atoms with E-state index >= 15 is 0 Å². The molecule has 0 spiro atoms. The van der Waals surface area contributed by atoms with Crippen LogP contribution in [0, 0.1) is 17.3 Å². The Morgan fingerprint density at radius 2 is 2.05 bits per heavy atom. The van der Waals surface area contributed by atoms with Crippen LogP contribution < -0.4 is 4.74 Å². The molecule has 1 aromatic rings. The van der Waals surface area contributed by atoms with Gasteiger partial charge in [-0.25, -0.2) is 0 Å². The molecule has 21 heavy (non-hydrogen) atoms. The summed E-state index contributed by atoms with van der Waals surface area (Å²) < 4.78 is 6.45. The highest BCUT2D eigenvalue weighted by atomic mass is 16.5. The Morgan fingerprint density at radius 1 is 1.29 bits per heavy atom. The third-order valence-corrected chi connectivity index (χ3v) is 6.58. The number of hydrogen-bond acceptors (Lipinski definition) is 2. The number of phenolic OH excluding ortho intramolecular Hbond substituents is 1. The molecule has 1 N–H and O–H groups in total. The Morgan fingerprint density at radius 3 is 2.76 bits per heavy atom. The summed E-state index contributed by atoms with van der Waals surface area (Å²) >= 11 is 0. The fourth-order valence-electron chi connectivity index (χ4n) is 5.63. The monoisotopic (exact) mass is 286 g/mol. The Bertz CT molecular complexity index is 604. The SMILES string of the molecule is CCCc1cc(O)c2c(c1)O[C@]1(C)CCC3[C@@H]1[C@@H]2C3(C)C. The number of aromatic hydroxyl groups is 1. The number of rotatable bonds is 2. The highest BCUT2D eigenvalue weighted by Crippen LogP contribution is 2.74. The average Bonchev–Trinajstić information content (AvgIpc) is 2.72. The molecule has 0 aromatic heterocycles. The minimum atomic E-state index is -0.0187. The fourth-order valence-corrected chi connectivity index (χ4v) is 5.63. The summed E-state index contributed by atoms with van der Waals surface area (Å²) in [5, 5.41) is 10.6. The summed E-state index contributed by atoms with van der Waals surface area (Å²) in [4.78, 5) is 0. The largest absolute Gasteiger partial charge is 0.508 e. The van der Waals surface area contributed by atoms with Crippen molar-refractivity contribution in [1.82, 2.24) is 0 Å². The Balaban J connectivity index is 1.86. The summed E-state index contributed by atoms with van der Waals surface area (Å²) in [6, 6.07) is 4.15. The van der Waals surface area contributed by atoms with E-state index in [2.05, 4.69) is 33.8 Å². The first-order valence-corrected chi connectivity index (χ1v) is 8.43. The van der Waals surface area contributed by atoms with Crippen molar-refractivity contribution >= 4 is 0 Å². The predicted molar refractivity (Wildman–Crippen MR) is 83.9 cm³/mol. The van der Waals surface area contributed by atoms with Crippen LogP contribution in [0.3, 0.4) is 0 Å². The topological polar surface area (TPSA) is 29.5 Å². The average molecular weight is 286 g/mol. The van der Waals surface area contributed by atoms with Crippen molar-refractivity contribution in [1.29, 1.82) is 0 Å². The number of hydrogen-bond donors (Lipinski definition) is 1. The molecule has 2 saturated carbocycles. The first-order valence-electron chi connectivity index (χ1n) is 8.43. The lowest BCUT2D eigenvalue weighted by atomic mass is 9.45. The predicted octanol–water partition coefficient (Wildman–Crippen LogP) is 4.65. The zero-order valence-electron chi connectivity index (χ0n) is 13.6. The van der Waals surface area contributed by atoms with E-state index in [0.717, 1.165) is 36.5 Å². The van der Waals surface area contributed by atoms with Crippen LogP contribution in [-0.2, 0) is 6.42 Å². The summed E-state index contributed by atoms with van der Waals surface area (Å²) in [7, 11) is 0. The van der Waals surface area contributed by atoms with E-state index in [1.165, 1.54) is 12.0 Å². The van der Waals surface area contributed by atoms with Gasteiger partial charge in [0.2, 0.25) is 0 Å². The highest BCUT2D eigenvalue weighted by molar-refractivity contribution is 5.55. The quantitative estimate of drug-likeness (QED) is 0.857. The normalized spacial score (nSPS) is 38.2. The fraction of sp³-hybridized carbons (Fsp3) is 0.684. The highest BCUT2D eigenvalue weighted by Gasteiger charge is 2.69. The van der Waals surface area contributed by atoms with Gasteiger partial charge in [0.15, 0.2) is 0 Å². The van der Waals surface area contributed by atoms with Gasteiger partial charge in [-0.3, -0.25) is 0 Å². The molecule has 1 unspecified atom stereocenters. The number of benzene rings is 1. The lowest BCUT2D eigenvalue weighted by molar-refractivity contribution is -0.121. The van der Waals surface area contributed by atoms with Gasteiger partial charge < -0.3 is 9.84 Å². The van der Waals surface area contributed by atoms with Gasteiger partial charge in [-0.2, -0.15) is 0 Å². The molecule has 1 heterocycles. The molecular formula is C19H26O2. The van der Waals surface area contributed by atoms with E-state index < -0.39 is 0 Å². The molecule has 3 aliphatic rings. The van der Waals surface area contributed by atoms with Crippen molar-refractivity contribution in [3.63, 3.8) is 0 Å². The smallest absolute Gasteiger partial charge is 0.127 e. The molecule has 2 aliphatic carbocycles. The van der Waals surface area contributed by atoms with Gasteiger partial charge in [0, 0.05) is 17.4 Å². The molecular weight excluding hydrogens is 260 g/mol. The molecule has 2 heteroatoms. The minimum absolute atomic E-state index is 0.0187. The maximum atomic E-state index is 10.6. The summed E-state index contributed by atoms with van der Waals surface area (Å²) in [5.41, 5.74) is 2.54. The number of fused-ring (bicyclic) bond motifs is 2. The summed E-state index contributed by atoms with van der Waals surface area (Å²) in [6.45, 7) is 9.20. The van der Waals surface area contributed by atoms with Crippen LogP contribution in [0.1, 0.15) is 64.0 Å². The third kappa shape index (κ3) is 1.54. The van der Waals surface area contributed by atoms with Crippen LogP contribution in [0.5, 0.6) is 11.5 Å². The van der Waals surface area contributed by atoms with Gasteiger partial charge in [-0.05, 0) is 55.2 Å². The second kappa shape index (κ2) is 3.97. The van der Waals surface area contributed by atoms with E-state index in [-0.39, 0.29) is 11.0 Å². The second-order valence-electron chi connectivity index (χ2n) is 8.16. The van der Waals surface area contributed by atoms with Gasteiger partial charge in [0.25, 0.3) is 0 Å². The first kappa shape index (κ1) is 13.5. The third-order valence-electron chi connectivity index (χ3n) is 6.58. The zero-order chi connectivity index (χ0) is 15.0. The molecule has 0 amide bonds. The van der Waals surface area contributed by atoms with Gasteiger partial charge in [-0.15, -0.1) is 0 Å². The van der Waals surface area contributed by atoms with Crippen LogP contribution in [0.25, 0.3) is 0 Å². The van der Waals surface area contributed by atoms with E-state index in [4.69, 9.17) is 4.74 Å². The lowest BCUT2D eigenvalue weighted by Crippen LogP contribution is -2.59. The lowest BCUT2D eigenvalue weighted by Gasteiger charge is -2.62. The number of phenols is 1. The van der Waals surface area contributed by atoms with Crippen molar-refractivity contribution in [3.8, 4) is 11.5 Å². The van der Waals surface area contributed by atoms with Crippen molar-refractivity contribution in [2.24, 2.45) is 17.3 Å². The molecule has 0 bridgehead atoms. The Kier molecular flexibility index (Phi) is 2.55. The molecule has 4 rings (SSSR count). The Hall–Kier alpha value is -1.18. The molecule has 0 saturated heterocycles. The van der Waals surface area contributed by atoms with Crippen molar-refractivity contribution in [2.45, 2.75) is 64.9 Å². The van der Waals surface area contributed by atoms with E-state index in [1.54, 1.807) is 0 Å². The molecule has 1 aliphatic heterocycles. The van der Waals surface area contributed by atoms with Gasteiger partial charge >= 0.3 is 0 Å². The van der Waals surface area contributed by atoms with Gasteiger partial charge in [-0.1, -0.05) is 27.2 Å². The molecule has 114 valence electrons. The molecule has 4 atom stereocenters. The molecule has 2 nitrogen and oxygen atoms in total. The maximum Gasteiger partial charge on any atom is 0.127 e. The summed E-state index contributed by atoms with van der Waals surface area (Å²) in [6.07, 6.45) is 4.51. The van der Waals surface area contributed by atoms with E-state index in [9.17, 15) is 5.11 Å². The second-order valence-corrected chi connectivity index (χ2v) is 8.16. The van der Waals surface area contributed by atoms with Crippen LogP contribution in [0.2, 0.25) is 0 Å². The van der Waals surface area contributed by atoms with E-state index in [0.29, 0.717) is 17.6 Å². The Labute approximate surface area is 127 Å². The van der Waals surface area contributed by atoms with Gasteiger partial charge in [0.05, 0.1) is 0 Å². The van der Waals surface area contributed by atoms with Gasteiger partial charge in [0.1, 0.15) is 17.1 Å².